The van der Waals surface area contributed by atoms with E-state index in [2.05, 4.69) is 60.7 Å². The van der Waals surface area contributed by atoms with E-state index >= 15 is 0 Å². The Hall–Kier alpha value is -0.0400. The Labute approximate surface area is 83.3 Å². The molecule has 1 saturated heterocycles. The van der Waals surface area contributed by atoms with Gasteiger partial charge < -0.3 is 5.32 Å². The van der Waals surface area contributed by atoms with Gasteiger partial charge in [-0.15, -0.1) is 0 Å². The molecule has 0 unspecified atom stereocenters. The normalized spacial score (nSPS) is 33.2. The lowest BCUT2D eigenvalue weighted by molar-refractivity contribution is 0.0698. The van der Waals surface area contributed by atoms with E-state index in [1.54, 1.807) is 0 Å². The van der Waals surface area contributed by atoms with Crippen molar-refractivity contribution in [1.29, 1.82) is 0 Å². The van der Waals surface area contributed by atoms with Crippen LogP contribution in [0, 0.1) is 10.8 Å². The minimum atomic E-state index is 0.208. The summed E-state index contributed by atoms with van der Waals surface area (Å²) in [6.45, 7) is 18.7. The SMILES string of the molecule is CC1(C)NC(C)(C)C(C)(C)C1(C)C. The maximum atomic E-state index is 3.75. The molecule has 1 N–H and O–H groups in total. The average Bonchev–Trinajstić information content (AvgIpc) is 1.88. The number of hydrogen-bond acceptors (Lipinski definition) is 1. The van der Waals surface area contributed by atoms with Crippen LogP contribution < -0.4 is 5.32 Å². The van der Waals surface area contributed by atoms with Crippen LogP contribution in [0.1, 0.15) is 55.4 Å². The monoisotopic (exact) mass is 183 g/mol. The fourth-order valence-corrected chi connectivity index (χ4v) is 2.66. The second-order valence-corrected chi connectivity index (χ2v) is 6.62. The molecule has 0 saturated carbocycles. The van der Waals surface area contributed by atoms with Crippen LogP contribution in [0.3, 0.4) is 0 Å². The summed E-state index contributed by atoms with van der Waals surface area (Å²) in [5.74, 6) is 0. The van der Waals surface area contributed by atoms with Gasteiger partial charge >= 0.3 is 0 Å². The van der Waals surface area contributed by atoms with E-state index in [9.17, 15) is 0 Å². The maximum absolute atomic E-state index is 3.75. The predicted octanol–water partition coefficient (Wildman–Crippen LogP) is 3.20. The van der Waals surface area contributed by atoms with E-state index in [0.29, 0.717) is 10.8 Å². The van der Waals surface area contributed by atoms with Crippen molar-refractivity contribution in [3.05, 3.63) is 0 Å². The average molecular weight is 183 g/mol. The van der Waals surface area contributed by atoms with Crippen molar-refractivity contribution < 1.29 is 0 Å². The van der Waals surface area contributed by atoms with Gasteiger partial charge in [-0.2, -0.15) is 0 Å². The molecule has 78 valence electrons. The Bertz CT molecular complexity index is 197. The molecular formula is C12H25N. The summed E-state index contributed by atoms with van der Waals surface area (Å²) < 4.78 is 0. The summed E-state index contributed by atoms with van der Waals surface area (Å²) in [7, 11) is 0. The van der Waals surface area contributed by atoms with Gasteiger partial charge in [-0.05, 0) is 38.5 Å². The van der Waals surface area contributed by atoms with Crippen LogP contribution in [0.4, 0.5) is 0 Å². The minimum absolute atomic E-state index is 0.208. The molecule has 0 radical (unpaired) electrons. The highest BCUT2D eigenvalue weighted by molar-refractivity contribution is 5.17. The highest BCUT2D eigenvalue weighted by Gasteiger charge is 2.62. The van der Waals surface area contributed by atoms with Gasteiger partial charge in [0.1, 0.15) is 0 Å². The fourth-order valence-electron chi connectivity index (χ4n) is 2.66. The lowest BCUT2D eigenvalue weighted by Crippen LogP contribution is -2.47. The summed E-state index contributed by atoms with van der Waals surface area (Å²) >= 11 is 0. The van der Waals surface area contributed by atoms with Crippen molar-refractivity contribution in [2.75, 3.05) is 0 Å². The highest BCUT2D eigenvalue weighted by Crippen LogP contribution is 2.58. The van der Waals surface area contributed by atoms with E-state index in [4.69, 9.17) is 0 Å². The summed E-state index contributed by atoms with van der Waals surface area (Å²) in [6, 6.07) is 0. The first kappa shape index (κ1) is 11.0. The Kier molecular flexibility index (Phi) is 1.96. The maximum Gasteiger partial charge on any atom is 0.0187 e. The van der Waals surface area contributed by atoms with Crippen LogP contribution in [-0.4, -0.2) is 11.1 Å². The van der Waals surface area contributed by atoms with Gasteiger partial charge in [0.05, 0.1) is 0 Å². The molecule has 1 fully saturated rings. The van der Waals surface area contributed by atoms with Crippen LogP contribution in [0.25, 0.3) is 0 Å². The van der Waals surface area contributed by atoms with E-state index in [1.165, 1.54) is 0 Å². The van der Waals surface area contributed by atoms with Gasteiger partial charge in [-0.3, -0.25) is 0 Å². The second kappa shape index (κ2) is 2.31. The molecule has 13 heavy (non-hydrogen) atoms. The third kappa shape index (κ3) is 1.09. The molecule has 1 rings (SSSR count). The quantitative estimate of drug-likeness (QED) is 0.608. The van der Waals surface area contributed by atoms with Gasteiger partial charge in [0.2, 0.25) is 0 Å². The second-order valence-electron chi connectivity index (χ2n) is 6.62. The summed E-state index contributed by atoms with van der Waals surface area (Å²) in [5.41, 5.74) is 1.03. The van der Waals surface area contributed by atoms with E-state index in [-0.39, 0.29) is 11.1 Å². The molecule has 1 nitrogen and oxygen atoms in total. The van der Waals surface area contributed by atoms with Gasteiger partial charge in [-0.25, -0.2) is 0 Å². The van der Waals surface area contributed by atoms with E-state index in [0.717, 1.165) is 0 Å². The predicted molar refractivity (Wildman–Crippen MR) is 58.9 cm³/mol. The number of rotatable bonds is 0. The molecular weight excluding hydrogens is 158 g/mol. The van der Waals surface area contributed by atoms with E-state index < -0.39 is 0 Å². The van der Waals surface area contributed by atoms with Crippen molar-refractivity contribution in [1.82, 2.24) is 5.32 Å². The van der Waals surface area contributed by atoms with Crippen molar-refractivity contribution in [3.8, 4) is 0 Å². The molecule has 0 aliphatic carbocycles. The van der Waals surface area contributed by atoms with Gasteiger partial charge in [0.25, 0.3) is 0 Å². The van der Waals surface area contributed by atoms with Crippen LogP contribution >= 0.6 is 0 Å². The molecule has 0 bridgehead atoms. The molecule has 0 aromatic carbocycles. The zero-order valence-electron chi connectivity index (χ0n) is 10.5. The van der Waals surface area contributed by atoms with Crippen LogP contribution in [0.5, 0.6) is 0 Å². The van der Waals surface area contributed by atoms with Crippen LogP contribution in [0.15, 0.2) is 0 Å². The molecule has 1 heteroatoms. The molecule has 1 aliphatic heterocycles. The minimum Gasteiger partial charge on any atom is -0.306 e. The Morgan fingerprint density at radius 3 is 0.846 bits per heavy atom. The zero-order valence-corrected chi connectivity index (χ0v) is 10.5. The van der Waals surface area contributed by atoms with Crippen LogP contribution in [-0.2, 0) is 0 Å². The first-order chi connectivity index (χ1) is 5.46. The largest absolute Gasteiger partial charge is 0.306 e. The highest BCUT2D eigenvalue weighted by atomic mass is 15.1. The molecule has 1 heterocycles. The topological polar surface area (TPSA) is 12.0 Å². The Balaban J connectivity index is 3.24. The first-order valence-corrected chi connectivity index (χ1v) is 5.25. The van der Waals surface area contributed by atoms with Crippen LogP contribution in [0.2, 0.25) is 0 Å². The zero-order chi connectivity index (χ0) is 10.7. The van der Waals surface area contributed by atoms with Gasteiger partial charge in [0, 0.05) is 11.1 Å². The molecule has 0 amide bonds. The third-order valence-corrected chi connectivity index (χ3v) is 5.31. The van der Waals surface area contributed by atoms with E-state index in [1.807, 2.05) is 0 Å². The molecule has 0 atom stereocenters. The first-order valence-electron chi connectivity index (χ1n) is 5.25. The number of hydrogen-bond donors (Lipinski definition) is 1. The summed E-state index contributed by atoms with van der Waals surface area (Å²) in [4.78, 5) is 0. The third-order valence-electron chi connectivity index (χ3n) is 5.31. The molecule has 0 aromatic heterocycles. The molecule has 0 aromatic rings. The standard InChI is InChI=1S/C12H25N/c1-9(2)10(3,4)12(7,8)13-11(9,5)6/h13H,1-8H3. The molecule has 1 aliphatic rings. The molecule has 0 spiro atoms. The van der Waals surface area contributed by atoms with Crippen molar-refractivity contribution in [2.24, 2.45) is 10.8 Å². The Morgan fingerprint density at radius 2 is 0.769 bits per heavy atom. The van der Waals surface area contributed by atoms with Crippen molar-refractivity contribution >= 4 is 0 Å². The number of nitrogens with one attached hydrogen (secondary N) is 1. The summed E-state index contributed by atoms with van der Waals surface area (Å²) in [6.07, 6.45) is 0. The van der Waals surface area contributed by atoms with Crippen molar-refractivity contribution in [2.45, 2.75) is 66.5 Å². The lowest BCUT2D eigenvalue weighted by Gasteiger charge is -2.45. The van der Waals surface area contributed by atoms with Gasteiger partial charge in [0.15, 0.2) is 0 Å². The lowest BCUT2D eigenvalue weighted by atomic mass is 9.57. The smallest absolute Gasteiger partial charge is 0.0187 e. The van der Waals surface area contributed by atoms with Crippen molar-refractivity contribution in [3.63, 3.8) is 0 Å². The fraction of sp³-hybridized carbons (Fsp3) is 1.00. The Morgan fingerprint density at radius 1 is 0.538 bits per heavy atom. The van der Waals surface area contributed by atoms with Gasteiger partial charge in [-0.1, -0.05) is 27.7 Å². The summed E-state index contributed by atoms with van der Waals surface area (Å²) in [5, 5.41) is 3.75.